The van der Waals surface area contributed by atoms with Crippen LogP contribution in [0.25, 0.3) is 10.2 Å². The molecule has 5 N–H and O–H groups in total. The van der Waals surface area contributed by atoms with Crippen molar-refractivity contribution in [3.05, 3.63) is 46.5 Å². The standard InChI is InChI=1S/C18H21N5O3S/c1-10-11(2)22-23-17-13(10)14(19)15(27-17)16(24)20-8-9-21-18(25)26-12-6-4-3-5-7-12/h3-7,18,21,25H,8-9,19H2,1-2H3,(H,20,24). The first-order valence-corrected chi connectivity index (χ1v) is 9.22. The first-order chi connectivity index (χ1) is 13.0. The number of aliphatic hydroxyl groups is 1. The number of thiophene rings is 1. The predicted octanol–water partition coefficient (Wildman–Crippen LogP) is 1.56. The Morgan fingerprint density at radius 2 is 2.00 bits per heavy atom. The number of carbonyl (C=O) groups excluding carboxylic acids is 1. The molecule has 2 heterocycles. The summed E-state index contributed by atoms with van der Waals surface area (Å²) in [6.45, 7) is 4.39. The molecule has 0 spiro atoms. The fourth-order valence-electron chi connectivity index (χ4n) is 2.53. The highest BCUT2D eigenvalue weighted by Gasteiger charge is 2.19. The Morgan fingerprint density at radius 1 is 1.26 bits per heavy atom. The van der Waals surface area contributed by atoms with Crippen LogP contribution >= 0.6 is 11.3 Å². The number of para-hydroxylation sites is 1. The maximum Gasteiger partial charge on any atom is 0.263 e. The number of aromatic nitrogens is 2. The summed E-state index contributed by atoms with van der Waals surface area (Å²) in [5.41, 5.74) is 8.29. The summed E-state index contributed by atoms with van der Waals surface area (Å²) in [6, 6.07) is 8.96. The van der Waals surface area contributed by atoms with Gasteiger partial charge in [-0.15, -0.1) is 16.4 Å². The van der Waals surface area contributed by atoms with E-state index in [9.17, 15) is 9.90 Å². The molecule has 0 bridgehead atoms. The number of amides is 1. The average molecular weight is 387 g/mol. The Balaban J connectivity index is 1.53. The molecule has 27 heavy (non-hydrogen) atoms. The highest BCUT2D eigenvalue weighted by Crippen LogP contribution is 2.34. The van der Waals surface area contributed by atoms with Gasteiger partial charge in [0.2, 0.25) is 0 Å². The number of ether oxygens (including phenoxy) is 1. The molecule has 1 atom stereocenters. The van der Waals surface area contributed by atoms with Gasteiger partial charge in [0, 0.05) is 18.5 Å². The average Bonchev–Trinajstić information content (AvgIpc) is 3.00. The number of nitrogen functional groups attached to an aromatic ring is 1. The van der Waals surface area contributed by atoms with Crippen LogP contribution in [0.3, 0.4) is 0 Å². The first-order valence-electron chi connectivity index (χ1n) is 8.40. The molecule has 0 fully saturated rings. The molecule has 3 aromatic rings. The number of nitrogens with one attached hydrogen (secondary N) is 2. The summed E-state index contributed by atoms with van der Waals surface area (Å²) >= 11 is 1.22. The van der Waals surface area contributed by atoms with Gasteiger partial charge in [-0.2, -0.15) is 5.10 Å². The second kappa shape index (κ2) is 8.30. The Morgan fingerprint density at radius 3 is 2.74 bits per heavy atom. The molecule has 2 aromatic heterocycles. The summed E-state index contributed by atoms with van der Waals surface area (Å²) in [5.74, 6) is 0.263. The van der Waals surface area contributed by atoms with E-state index in [-0.39, 0.29) is 5.91 Å². The fourth-order valence-corrected chi connectivity index (χ4v) is 3.55. The van der Waals surface area contributed by atoms with E-state index in [1.165, 1.54) is 11.3 Å². The van der Waals surface area contributed by atoms with Gasteiger partial charge in [-0.1, -0.05) is 18.2 Å². The molecule has 0 aliphatic carbocycles. The number of hydrogen-bond acceptors (Lipinski definition) is 8. The number of fused-ring (bicyclic) bond motifs is 1. The van der Waals surface area contributed by atoms with Gasteiger partial charge in [0.1, 0.15) is 15.5 Å². The third kappa shape index (κ3) is 4.33. The highest BCUT2D eigenvalue weighted by molar-refractivity contribution is 7.21. The summed E-state index contributed by atoms with van der Waals surface area (Å²) in [6.07, 6.45) is -1.17. The molecule has 0 radical (unpaired) electrons. The van der Waals surface area contributed by atoms with Gasteiger partial charge in [-0.05, 0) is 31.5 Å². The molecule has 1 unspecified atom stereocenters. The number of rotatable bonds is 7. The smallest absolute Gasteiger partial charge is 0.263 e. The minimum atomic E-state index is -1.17. The molecule has 1 aromatic carbocycles. The van der Waals surface area contributed by atoms with Crippen LogP contribution in [0, 0.1) is 13.8 Å². The van der Waals surface area contributed by atoms with Crippen molar-refractivity contribution < 1.29 is 14.6 Å². The van der Waals surface area contributed by atoms with Gasteiger partial charge in [-0.3, -0.25) is 10.1 Å². The number of hydrogen-bond donors (Lipinski definition) is 4. The summed E-state index contributed by atoms with van der Waals surface area (Å²) in [5, 5.41) is 24.3. The predicted molar refractivity (Wildman–Crippen MR) is 105 cm³/mol. The number of aliphatic hydroxyl groups excluding tert-OH is 1. The van der Waals surface area contributed by atoms with Crippen LogP contribution < -0.4 is 21.1 Å². The van der Waals surface area contributed by atoms with Gasteiger partial charge < -0.3 is 20.9 Å². The topological polar surface area (TPSA) is 122 Å². The van der Waals surface area contributed by atoms with E-state index >= 15 is 0 Å². The molecule has 1 amide bonds. The van der Waals surface area contributed by atoms with E-state index in [1.807, 2.05) is 32.0 Å². The Bertz CT molecular complexity index is 945. The number of benzene rings is 1. The minimum Gasteiger partial charge on any atom is -0.451 e. The van der Waals surface area contributed by atoms with E-state index in [2.05, 4.69) is 20.8 Å². The number of aryl methyl sites for hydroxylation is 2. The molecule has 142 valence electrons. The lowest BCUT2D eigenvalue weighted by Crippen LogP contribution is -2.39. The van der Waals surface area contributed by atoms with E-state index < -0.39 is 6.41 Å². The van der Waals surface area contributed by atoms with Crippen molar-refractivity contribution in [2.45, 2.75) is 20.3 Å². The molecule has 0 aliphatic heterocycles. The van der Waals surface area contributed by atoms with Gasteiger partial charge in [-0.25, -0.2) is 0 Å². The van der Waals surface area contributed by atoms with Crippen molar-refractivity contribution >= 4 is 33.1 Å². The van der Waals surface area contributed by atoms with Crippen molar-refractivity contribution in [2.24, 2.45) is 0 Å². The fraction of sp³-hybridized carbons (Fsp3) is 0.278. The second-order valence-corrected chi connectivity index (χ2v) is 6.93. The molecular weight excluding hydrogens is 366 g/mol. The Labute approximate surface area is 160 Å². The molecule has 3 rings (SSSR count). The molecule has 0 saturated carbocycles. The first kappa shape index (κ1) is 19.0. The quantitative estimate of drug-likeness (QED) is 0.358. The van der Waals surface area contributed by atoms with Crippen LogP contribution in [-0.4, -0.2) is 40.7 Å². The normalized spacial score (nSPS) is 12.1. The number of carbonyl (C=O) groups is 1. The van der Waals surface area contributed by atoms with Crippen LogP contribution in [0.5, 0.6) is 5.75 Å². The van der Waals surface area contributed by atoms with Crippen molar-refractivity contribution in [3.8, 4) is 5.75 Å². The van der Waals surface area contributed by atoms with Crippen molar-refractivity contribution in [1.29, 1.82) is 0 Å². The summed E-state index contributed by atoms with van der Waals surface area (Å²) in [7, 11) is 0. The molecule has 0 saturated heterocycles. The van der Waals surface area contributed by atoms with E-state index in [4.69, 9.17) is 10.5 Å². The van der Waals surface area contributed by atoms with Gasteiger partial charge in [0.25, 0.3) is 12.3 Å². The molecular formula is C18H21N5O3S. The lowest BCUT2D eigenvalue weighted by Gasteiger charge is -2.14. The van der Waals surface area contributed by atoms with Gasteiger partial charge >= 0.3 is 0 Å². The lowest BCUT2D eigenvalue weighted by atomic mass is 10.1. The third-order valence-electron chi connectivity index (χ3n) is 4.06. The zero-order valence-corrected chi connectivity index (χ0v) is 15.8. The Kier molecular flexibility index (Phi) is 5.84. The van der Waals surface area contributed by atoms with Crippen LogP contribution in [0.4, 0.5) is 5.69 Å². The maximum atomic E-state index is 12.4. The third-order valence-corrected chi connectivity index (χ3v) is 5.15. The summed E-state index contributed by atoms with van der Waals surface area (Å²) in [4.78, 5) is 13.5. The van der Waals surface area contributed by atoms with Crippen molar-refractivity contribution in [3.63, 3.8) is 0 Å². The zero-order chi connectivity index (χ0) is 19.4. The van der Waals surface area contributed by atoms with Crippen molar-refractivity contribution in [1.82, 2.24) is 20.8 Å². The molecule has 8 nitrogen and oxygen atoms in total. The largest absolute Gasteiger partial charge is 0.451 e. The molecule has 9 heteroatoms. The number of anilines is 1. The molecule has 0 aliphatic rings. The van der Waals surface area contributed by atoms with Crippen molar-refractivity contribution in [2.75, 3.05) is 18.8 Å². The van der Waals surface area contributed by atoms with Crippen LogP contribution in [0.1, 0.15) is 20.9 Å². The van der Waals surface area contributed by atoms with E-state index in [1.54, 1.807) is 12.1 Å². The maximum absolute atomic E-state index is 12.4. The number of nitrogens with zero attached hydrogens (tertiary/aromatic N) is 2. The van der Waals surface area contributed by atoms with E-state index in [0.717, 1.165) is 16.6 Å². The Hall–Kier alpha value is -2.75. The zero-order valence-electron chi connectivity index (χ0n) is 15.0. The lowest BCUT2D eigenvalue weighted by molar-refractivity contribution is -0.0431. The van der Waals surface area contributed by atoms with E-state index in [0.29, 0.717) is 34.2 Å². The van der Waals surface area contributed by atoms with Crippen LogP contribution in [0.2, 0.25) is 0 Å². The van der Waals surface area contributed by atoms with Gasteiger partial charge in [0.05, 0.1) is 11.4 Å². The highest BCUT2D eigenvalue weighted by atomic mass is 32.1. The van der Waals surface area contributed by atoms with Gasteiger partial charge in [0.15, 0.2) is 0 Å². The SMILES string of the molecule is Cc1nnc2sc(C(=O)NCCNC(O)Oc3ccccc3)c(N)c2c1C. The number of nitrogens with two attached hydrogens (primary N) is 1. The van der Waals surface area contributed by atoms with Crippen LogP contribution in [-0.2, 0) is 0 Å². The van der Waals surface area contributed by atoms with Crippen LogP contribution in [0.15, 0.2) is 30.3 Å². The monoisotopic (exact) mass is 387 g/mol. The minimum absolute atomic E-state index is 0.284. The summed E-state index contributed by atoms with van der Waals surface area (Å²) < 4.78 is 5.29. The second-order valence-electron chi connectivity index (χ2n) is 5.93.